The Hall–Kier alpha value is -1.35. The minimum Gasteiger partial charge on any atom is -0.312 e. The molecule has 1 aromatic rings. The molecule has 1 saturated heterocycles. The van der Waals surface area contributed by atoms with E-state index in [2.05, 4.69) is 0 Å². The van der Waals surface area contributed by atoms with Crippen molar-refractivity contribution in [2.45, 2.75) is 27.2 Å². The molecule has 0 aromatic heterocycles. The number of ketones is 1. The Morgan fingerprint density at radius 1 is 1.39 bits per heavy atom. The maximum Gasteiger partial charge on any atom is 0.227 e. The molecule has 18 heavy (non-hydrogen) atoms. The standard InChI is InChI=1S/C12H12ClNO2.C2H6/c1-8(15)9-5-12(16)14(7-9)11-4-2-3-10(13)6-11;1-2/h2-4,6,9H,5,7H2,1H3;1-2H3. The average Bonchev–Trinajstić information content (AvgIpc) is 2.74. The van der Waals surface area contributed by atoms with Gasteiger partial charge in [-0.25, -0.2) is 0 Å². The van der Waals surface area contributed by atoms with E-state index in [0.717, 1.165) is 5.69 Å². The van der Waals surface area contributed by atoms with Crippen LogP contribution >= 0.6 is 11.6 Å². The molecule has 0 aliphatic carbocycles. The van der Waals surface area contributed by atoms with Gasteiger partial charge in [0.15, 0.2) is 0 Å². The highest BCUT2D eigenvalue weighted by molar-refractivity contribution is 6.30. The lowest BCUT2D eigenvalue weighted by molar-refractivity contribution is -0.123. The van der Waals surface area contributed by atoms with E-state index in [1.807, 2.05) is 19.9 Å². The number of nitrogens with zero attached hydrogens (tertiary/aromatic N) is 1. The first-order valence-electron chi connectivity index (χ1n) is 6.14. The van der Waals surface area contributed by atoms with E-state index in [9.17, 15) is 9.59 Å². The number of Topliss-reactive ketones (excluding diaryl/α,β-unsaturated/α-hetero) is 1. The number of hydrogen-bond acceptors (Lipinski definition) is 2. The van der Waals surface area contributed by atoms with Gasteiger partial charge in [0.1, 0.15) is 5.78 Å². The van der Waals surface area contributed by atoms with E-state index < -0.39 is 0 Å². The quantitative estimate of drug-likeness (QED) is 0.824. The number of benzene rings is 1. The summed E-state index contributed by atoms with van der Waals surface area (Å²) in [6.45, 7) is 5.99. The lowest BCUT2D eigenvalue weighted by atomic mass is 10.1. The van der Waals surface area contributed by atoms with Gasteiger partial charge in [-0.15, -0.1) is 0 Å². The van der Waals surface area contributed by atoms with Gasteiger partial charge in [0.25, 0.3) is 0 Å². The van der Waals surface area contributed by atoms with Crippen molar-refractivity contribution < 1.29 is 9.59 Å². The summed E-state index contributed by atoms with van der Waals surface area (Å²) in [6, 6.07) is 7.12. The van der Waals surface area contributed by atoms with Crippen molar-refractivity contribution in [2.75, 3.05) is 11.4 Å². The molecule has 0 N–H and O–H groups in total. The van der Waals surface area contributed by atoms with Crippen LogP contribution in [0.15, 0.2) is 24.3 Å². The van der Waals surface area contributed by atoms with Gasteiger partial charge in [-0.3, -0.25) is 9.59 Å². The van der Waals surface area contributed by atoms with E-state index in [1.165, 1.54) is 6.92 Å². The Balaban J connectivity index is 0.000000771. The third-order valence-electron chi connectivity index (χ3n) is 2.82. The van der Waals surface area contributed by atoms with Crippen LogP contribution < -0.4 is 4.90 Å². The Kier molecular flexibility index (Phi) is 5.35. The van der Waals surface area contributed by atoms with Crippen molar-refractivity contribution >= 4 is 29.0 Å². The van der Waals surface area contributed by atoms with Gasteiger partial charge >= 0.3 is 0 Å². The van der Waals surface area contributed by atoms with Crippen molar-refractivity contribution in [1.82, 2.24) is 0 Å². The summed E-state index contributed by atoms with van der Waals surface area (Å²) in [7, 11) is 0. The minimum absolute atomic E-state index is 0.0116. The fourth-order valence-corrected chi connectivity index (χ4v) is 2.06. The molecule has 0 saturated carbocycles. The predicted molar refractivity (Wildman–Crippen MR) is 73.9 cm³/mol. The SMILES string of the molecule is CC.CC(=O)C1CC(=O)N(c2cccc(Cl)c2)C1. The van der Waals surface area contributed by atoms with Crippen molar-refractivity contribution in [3.05, 3.63) is 29.3 Å². The van der Waals surface area contributed by atoms with Gasteiger partial charge in [-0.2, -0.15) is 0 Å². The van der Waals surface area contributed by atoms with Gasteiger partial charge in [0, 0.05) is 29.6 Å². The summed E-state index contributed by atoms with van der Waals surface area (Å²) in [5.41, 5.74) is 0.765. The first-order chi connectivity index (χ1) is 8.58. The van der Waals surface area contributed by atoms with E-state index in [-0.39, 0.29) is 17.6 Å². The molecule has 98 valence electrons. The van der Waals surface area contributed by atoms with E-state index in [0.29, 0.717) is 18.0 Å². The predicted octanol–water partition coefficient (Wildman–Crippen LogP) is 3.31. The zero-order chi connectivity index (χ0) is 13.7. The second-order valence-corrected chi connectivity index (χ2v) is 4.43. The lowest BCUT2D eigenvalue weighted by Gasteiger charge is -2.16. The highest BCUT2D eigenvalue weighted by atomic mass is 35.5. The average molecular weight is 268 g/mol. The minimum atomic E-state index is -0.175. The maximum atomic E-state index is 11.7. The van der Waals surface area contributed by atoms with Crippen LogP contribution in [0.4, 0.5) is 5.69 Å². The van der Waals surface area contributed by atoms with Crippen LogP contribution in [0.25, 0.3) is 0 Å². The molecular weight excluding hydrogens is 250 g/mol. The number of carbonyl (C=O) groups excluding carboxylic acids is 2. The number of hydrogen-bond donors (Lipinski definition) is 0. The van der Waals surface area contributed by atoms with Crippen molar-refractivity contribution in [3.63, 3.8) is 0 Å². The van der Waals surface area contributed by atoms with Gasteiger partial charge in [0.2, 0.25) is 5.91 Å². The molecule has 1 aliphatic heterocycles. The van der Waals surface area contributed by atoms with Crippen LogP contribution in [0, 0.1) is 5.92 Å². The Bertz CT molecular complexity index is 445. The van der Waals surface area contributed by atoms with E-state index in [1.54, 1.807) is 23.1 Å². The number of carbonyl (C=O) groups is 2. The largest absolute Gasteiger partial charge is 0.312 e. The van der Waals surface area contributed by atoms with E-state index in [4.69, 9.17) is 11.6 Å². The fourth-order valence-electron chi connectivity index (χ4n) is 1.87. The molecule has 0 bridgehead atoms. The first kappa shape index (κ1) is 14.7. The van der Waals surface area contributed by atoms with Crippen LogP contribution in [0.5, 0.6) is 0 Å². The summed E-state index contributed by atoms with van der Waals surface area (Å²) in [5.74, 6) is -0.119. The molecular formula is C14H18ClNO2. The molecule has 1 amide bonds. The smallest absolute Gasteiger partial charge is 0.227 e. The first-order valence-corrected chi connectivity index (χ1v) is 6.52. The lowest BCUT2D eigenvalue weighted by Crippen LogP contribution is -2.25. The molecule has 4 heteroatoms. The molecule has 1 aliphatic rings. The third kappa shape index (κ3) is 3.33. The topological polar surface area (TPSA) is 37.4 Å². The Morgan fingerprint density at radius 2 is 2.06 bits per heavy atom. The second kappa shape index (κ2) is 6.55. The third-order valence-corrected chi connectivity index (χ3v) is 3.05. The Morgan fingerprint density at radius 3 is 2.56 bits per heavy atom. The monoisotopic (exact) mass is 267 g/mol. The molecule has 1 aromatic carbocycles. The highest BCUT2D eigenvalue weighted by Gasteiger charge is 2.33. The summed E-state index contributed by atoms with van der Waals surface area (Å²) in [6.07, 6.45) is 0.307. The molecule has 1 unspecified atom stereocenters. The number of amides is 1. The van der Waals surface area contributed by atoms with Gasteiger partial charge in [-0.1, -0.05) is 31.5 Å². The second-order valence-electron chi connectivity index (χ2n) is 4.00. The summed E-state index contributed by atoms with van der Waals surface area (Å²) < 4.78 is 0. The fraction of sp³-hybridized carbons (Fsp3) is 0.429. The summed E-state index contributed by atoms with van der Waals surface area (Å²) in [5, 5.41) is 0.594. The maximum absolute atomic E-state index is 11.7. The van der Waals surface area contributed by atoms with Crippen LogP contribution in [0.3, 0.4) is 0 Å². The molecule has 0 radical (unpaired) electrons. The van der Waals surface area contributed by atoms with Crippen LogP contribution in [0.2, 0.25) is 5.02 Å². The van der Waals surface area contributed by atoms with Crippen molar-refractivity contribution in [1.29, 1.82) is 0 Å². The zero-order valence-corrected chi connectivity index (χ0v) is 11.7. The van der Waals surface area contributed by atoms with Crippen molar-refractivity contribution in [2.24, 2.45) is 5.92 Å². The van der Waals surface area contributed by atoms with Gasteiger partial charge in [0.05, 0.1) is 0 Å². The van der Waals surface area contributed by atoms with Crippen LogP contribution in [-0.2, 0) is 9.59 Å². The Labute approximate surface area is 113 Å². The number of anilines is 1. The number of halogens is 1. The highest BCUT2D eigenvalue weighted by Crippen LogP contribution is 2.27. The summed E-state index contributed by atoms with van der Waals surface area (Å²) in [4.78, 5) is 24.6. The zero-order valence-electron chi connectivity index (χ0n) is 10.9. The molecule has 2 rings (SSSR count). The van der Waals surface area contributed by atoms with Gasteiger partial charge < -0.3 is 4.90 Å². The molecule has 0 spiro atoms. The number of rotatable bonds is 2. The van der Waals surface area contributed by atoms with E-state index >= 15 is 0 Å². The summed E-state index contributed by atoms with van der Waals surface area (Å²) >= 11 is 5.87. The molecule has 3 nitrogen and oxygen atoms in total. The molecule has 1 fully saturated rings. The van der Waals surface area contributed by atoms with Crippen LogP contribution in [-0.4, -0.2) is 18.2 Å². The van der Waals surface area contributed by atoms with Crippen LogP contribution in [0.1, 0.15) is 27.2 Å². The normalized spacial score (nSPS) is 18.3. The molecule has 1 heterocycles. The molecule has 1 atom stereocenters. The van der Waals surface area contributed by atoms with Gasteiger partial charge in [-0.05, 0) is 25.1 Å². The van der Waals surface area contributed by atoms with Crippen molar-refractivity contribution in [3.8, 4) is 0 Å².